The van der Waals surface area contributed by atoms with E-state index in [0.717, 1.165) is 23.5 Å². The van der Waals surface area contributed by atoms with Crippen LogP contribution < -0.4 is 4.90 Å². The van der Waals surface area contributed by atoms with Crippen molar-refractivity contribution in [1.82, 2.24) is 0 Å². The van der Waals surface area contributed by atoms with Gasteiger partial charge in [0.25, 0.3) is 0 Å². The molecule has 68 heavy (non-hydrogen) atoms. The van der Waals surface area contributed by atoms with Gasteiger partial charge in [0.15, 0.2) is 0 Å². The number of fused-ring (bicyclic) bond motifs is 16. The lowest BCUT2D eigenvalue weighted by Gasteiger charge is -2.32. The van der Waals surface area contributed by atoms with Gasteiger partial charge < -0.3 is 4.90 Å². The van der Waals surface area contributed by atoms with Gasteiger partial charge in [-0.2, -0.15) is 0 Å². The molecule has 1 spiro atoms. The zero-order valence-electron chi connectivity index (χ0n) is 38.1. The smallest absolute Gasteiger partial charge is 0.0726 e. The molecule has 3 aliphatic rings. The van der Waals surface area contributed by atoms with Crippen LogP contribution >= 0.6 is 11.3 Å². The van der Waals surface area contributed by atoms with Crippen LogP contribution in [0.3, 0.4) is 0 Å². The molecule has 0 saturated carbocycles. The van der Waals surface area contributed by atoms with Crippen molar-refractivity contribution in [2.75, 3.05) is 4.90 Å². The lowest BCUT2D eigenvalue weighted by atomic mass is 9.70. The molecule has 1 nitrogen and oxygen atoms in total. The average Bonchev–Trinajstić information content (AvgIpc) is 4.08. The Kier molecular flexibility index (Phi) is 8.61. The first-order valence-corrected chi connectivity index (χ1v) is 24.8. The third-order valence-electron chi connectivity index (χ3n) is 15.7. The summed E-state index contributed by atoms with van der Waals surface area (Å²) in [6, 6.07) is 86.9. The molecular weight excluding hydrogens is 839 g/mol. The van der Waals surface area contributed by atoms with Gasteiger partial charge in [-0.1, -0.05) is 208 Å². The summed E-state index contributed by atoms with van der Waals surface area (Å²) in [6.07, 6.45) is 0.912. The Morgan fingerprint density at radius 1 is 0.382 bits per heavy atom. The summed E-state index contributed by atoms with van der Waals surface area (Å²) in [7, 11) is 0. The Hall–Kier alpha value is -7.78. The van der Waals surface area contributed by atoms with E-state index in [9.17, 15) is 0 Å². The first-order chi connectivity index (χ1) is 33.5. The average molecular weight is 886 g/mol. The first kappa shape index (κ1) is 39.4. The molecule has 1 heterocycles. The maximum atomic E-state index is 2.52. The van der Waals surface area contributed by atoms with Crippen molar-refractivity contribution in [3.63, 3.8) is 0 Å². The second kappa shape index (κ2) is 14.9. The molecule has 0 radical (unpaired) electrons. The Labute approximate surface area is 402 Å². The molecule has 14 rings (SSSR count). The van der Waals surface area contributed by atoms with Gasteiger partial charge in [0.1, 0.15) is 0 Å². The van der Waals surface area contributed by atoms with E-state index in [1.54, 1.807) is 0 Å². The maximum Gasteiger partial charge on any atom is 0.0726 e. The maximum absolute atomic E-state index is 2.52. The number of thiophene rings is 1. The van der Waals surface area contributed by atoms with Crippen LogP contribution in [0.25, 0.3) is 53.6 Å². The number of para-hydroxylation sites is 1. The van der Waals surface area contributed by atoms with Gasteiger partial charge in [0, 0.05) is 48.6 Å². The van der Waals surface area contributed by atoms with Crippen molar-refractivity contribution in [2.24, 2.45) is 0 Å². The van der Waals surface area contributed by atoms with Crippen molar-refractivity contribution in [3.05, 3.63) is 281 Å². The third-order valence-corrected chi connectivity index (χ3v) is 17.0. The van der Waals surface area contributed by atoms with E-state index in [4.69, 9.17) is 0 Å². The minimum Gasteiger partial charge on any atom is -0.310 e. The number of hydrogen-bond acceptors (Lipinski definition) is 2. The summed E-state index contributed by atoms with van der Waals surface area (Å²) < 4.78 is 2.67. The van der Waals surface area contributed by atoms with E-state index in [1.807, 2.05) is 11.3 Å². The monoisotopic (exact) mass is 885 g/mol. The second-order valence-electron chi connectivity index (χ2n) is 19.5. The minimum atomic E-state index is -0.415. The standard InChI is InChI=1S/C66H47NS/c1-65(2)57-28-13-9-23-48(57)52-35-32-43(39-61(52)65)56(42-18-5-3-6-19-42)38-44-20-17-27-55-54-37-34-47(41-63(54)68-64(44)55)67(45-21-7-4-8-22-45)46-33-36-53-51-26-12-16-31-60(51)66(62(53)40-46)58-29-14-10-24-49(58)50-25-11-15-30-59(50)66/h3-37,39-41,56H,38H2,1-2H3. The molecule has 0 amide bonds. The Morgan fingerprint density at radius 3 is 1.59 bits per heavy atom. The van der Waals surface area contributed by atoms with Crippen molar-refractivity contribution >= 4 is 48.6 Å². The van der Waals surface area contributed by atoms with E-state index in [2.05, 4.69) is 249 Å². The molecule has 0 aliphatic heterocycles. The summed E-state index contributed by atoms with van der Waals surface area (Å²) >= 11 is 1.94. The molecule has 322 valence electrons. The van der Waals surface area contributed by atoms with Crippen LogP contribution in [0, 0.1) is 0 Å². The topological polar surface area (TPSA) is 3.24 Å². The van der Waals surface area contributed by atoms with Gasteiger partial charge in [-0.25, -0.2) is 0 Å². The molecule has 1 atom stereocenters. The van der Waals surface area contributed by atoms with Crippen LogP contribution in [0.15, 0.2) is 231 Å². The highest BCUT2D eigenvalue weighted by molar-refractivity contribution is 7.26. The largest absolute Gasteiger partial charge is 0.310 e. The van der Waals surface area contributed by atoms with Gasteiger partial charge in [0.2, 0.25) is 0 Å². The van der Waals surface area contributed by atoms with E-state index in [-0.39, 0.29) is 11.3 Å². The zero-order valence-corrected chi connectivity index (χ0v) is 38.9. The predicted molar refractivity (Wildman–Crippen MR) is 286 cm³/mol. The molecule has 0 saturated heterocycles. The molecule has 0 fully saturated rings. The quantitative estimate of drug-likeness (QED) is 0.154. The van der Waals surface area contributed by atoms with Gasteiger partial charge in [-0.15, -0.1) is 11.3 Å². The fourth-order valence-electron chi connectivity index (χ4n) is 12.7. The predicted octanol–water partition coefficient (Wildman–Crippen LogP) is 17.5. The Morgan fingerprint density at radius 2 is 0.912 bits per heavy atom. The summed E-state index contributed by atoms with van der Waals surface area (Å²) in [4.78, 5) is 2.47. The van der Waals surface area contributed by atoms with Gasteiger partial charge in [-0.05, 0) is 126 Å². The first-order valence-electron chi connectivity index (χ1n) is 24.0. The van der Waals surface area contributed by atoms with Crippen LogP contribution in [0.2, 0.25) is 0 Å². The van der Waals surface area contributed by atoms with E-state index >= 15 is 0 Å². The lowest BCUT2D eigenvalue weighted by Crippen LogP contribution is -2.26. The van der Waals surface area contributed by atoms with Crippen LogP contribution in [-0.2, 0) is 17.3 Å². The molecular formula is C66H47NS. The lowest BCUT2D eigenvalue weighted by molar-refractivity contribution is 0.657. The molecule has 11 aromatic rings. The number of rotatable bonds is 7. The van der Waals surface area contributed by atoms with Crippen LogP contribution in [-0.4, -0.2) is 0 Å². The summed E-state index contributed by atoms with van der Waals surface area (Å²) in [6.45, 7) is 4.77. The van der Waals surface area contributed by atoms with Crippen LogP contribution in [0.4, 0.5) is 17.1 Å². The summed E-state index contributed by atoms with van der Waals surface area (Å²) in [5.74, 6) is 0.203. The zero-order chi connectivity index (χ0) is 45.1. The summed E-state index contributed by atoms with van der Waals surface area (Å²) in [5.41, 5.74) is 23.3. The van der Waals surface area contributed by atoms with Gasteiger partial charge >= 0.3 is 0 Å². The van der Waals surface area contributed by atoms with Gasteiger partial charge in [-0.3, -0.25) is 0 Å². The second-order valence-corrected chi connectivity index (χ2v) is 20.6. The fourth-order valence-corrected chi connectivity index (χ4v) is 13.9. The number of benzene rings is 10. The highest BCUT2D eigenvalue weighted by atomic mass is 32.1. The highest BCUT2D eigenvalue weighted by Gasteiger charge is 2.51. The van der Waals surface area contributed by atoms with Crippen LogP contribution in [0.5, 0.6) is 0 Å². The van der Waals surface area contributed by atoms with Crippen molar-refractivity contribution in [1.29, 1.82) is 0 Å². The van der Waals surface area contributed by atoms with E-state index < -0.39 is 5.41 Å². The van der Waals surface area contributed by atoms with E-state index in [1.165, 1.54) is 104 Å². The number of anilines is 3. The fraction of sp³-hybridized carbons (Fsp3) is 0.0909. The van der Waals surface area contributed by atoms with Gasteiger partial charge in [0.05, 0.1) is 5.41 Å². The highest BCUT2D eigenvalue weighted by Crippen LogP contribution is 2.63. The van der Waals surface area contributed by atoms with Crippen molar-refractivity contribution in [2.45, 2.75) is 37.0 Å². The summed E-state index contributed by atoms with van der Waals surface area (Å²) in [5, 5.41) is 2.63. The van der Waals surface area contributed by atoms with Crippen molar-refractivity contribution in [3.8, 4) is 33.4 Å². The molecule has 2 heteroatoms. The molecule has 0 bridgehead atoms. The normalized spacial score (nSPS) is 14.6. The molecule has 10 aromatic carbocycles. The molecule has 3 aliphatic carbocycles. The molecule has 1 unspecified atom stereocenters. The Balaban J connectivity index is 0.898. The minimum absolute atomic E-state index is 0.0560. The van der Waals surface area contributed by atoms with E-state index in [0.29, 0.717) is 0 Å². The SMILES string of the molecule is CC1(C)c2ccccc2-c2ccc(C(Cc3cccc4c3sc3cc(N(c5ccccc5)c5ccc6c(c5)C5(c7ccccc7-c7ccccc75)c5ccccc5-6)ccc34)c3ccccc3)cc21. The van der Waals surface area contributed by atoms with Crippen molar-refractivity contribution < 1.29 is 0 Å². The third kappa shape index (κ3) is 5.56. The Bertz CT molecular complexity index is 3760. The number of nitrogens with zero attached hydrogens (tertiary/aromatic N) is 1. The molecule has 1 aromatic heterocycles. The molecule has 0 N–H and O–H groups in total. The van der Waals surface area contributed by atoms with Crippen LogP contribution in [0.1, 0.15) is 69.8 Å². The number of hydrogen-bond donors (Lipinski definition) is 0.